The number of alkyl halides is 3. The second-order valence-electron chi connectivity index (χ2n) is 5.32. The molecule has 0 fully saturated rings. The predicted octanol–water partition coefficient (Wildman–Crippen LogP) is 4.15. The molecule has 0 bridgehead atoms. The first-order valence-corrected chi connectivity index (χ1v) is 7.99. The maximum Gasteiger partial charge on any atom is 0.471 e. The second kappa shape index (κ2) is 7.61. The Hall–Kier alpha value is -2.15. The highest BCUT2D eigenvalue weighted by molar-refractivity contribution is 7.99. The van der Waals surface area contributed by atoms with Gasteiger partial charge in [-0.05, 0) is 55.3 Å². The van der Waals surface area contributed by atoms with E-state index in [1.165, 1.54) is 18.7 Å². The number of phenols is 1. The summed E-state index contributed by atoms with van der Waals surface area (Å²) in [5, 5.41) is 11.2. The Bertz CT molecular complexity index is 684. The summed E-state index contributed by atoms with van der Waals surface area (Å²) >= 11 is 1.51. The van der Waals surface area contributed by atoms with E-state index >= 15 is 0 Å². The van der Waals surface area contributed by atoms with Crippen molar-refractivity contribution in [2.24, 2.45) is 0 Å². The van der Waals surface area contributed by atoms with Gasteiger partial charge < -0.3 is 10.4 Å². The minimum atomic E-state index is -4.86. The normalized spacial score (nSPS) is 12.7. The zero-order chi connectivity index (χ0) is 17.7. The third-order valence-electron chi connectivity index (χ3n) is 3.17. The molecule has 0 aliphatic heterocycles. The van der Waals surface area contributed by atoms with Crippen LogP contribution in [0.15, 0.2) is 58.3 Å². The Kier molecular flexibility index (Phi) is 5.77. The molecule has 2 N–H and O–H groups in total. The maximum atomic E-state index is 12.2. The largest absolute Gasteiger partial charge is 0.508 e. The first kappa shape index (κ1) is 18.2. The highest BCUT2D eigenvalue weighted by atomic mass is 32.2. The minimum Gasteiger partial charge on any atom is -0.508 e. The second-order valence-corrected chi connectivity index (χ2v) is 6.46. The van der Waals surface area contributed by atoms with Crippen molar-refractivity contribution < 1.29 is 23.1 Å². The van der Waals surface area contributed by atoms with Gasteiger partial charge >= 0.3 is 12.1 Å². The van der Waals surface area contributed by atoms with Crippen molar-refractivity contribution in [2.75, 3.05) is 0 Å². The van der Waals surface area contributed by atoms with Crippen molar-refractivity contribution in [2.45, 2.75) is 35.4 Å². The van der Waals surface area contributed by atoms with Crippen molar-refractivity contribution >= 4 is 17.7 Å². The van der Waals surface area contributed by atoms with E-state index in [4.69, 9.17) is 0 Å². The molecular formula is C17H16F3NO2S. The lowest BCUT2D eigenvalue weighted by molar-refractivity contribution is -0.174. The molecule has 0 saturated carbocycles. The summed E-state index contributed by atoms with van der Waals surface area (Å²) in [6.45, 7) is 1.53. The lowest BCUT2D eigenvalue weighted by Crippen LogP contribution is -2.42. The molecule has 7 heteroatoms. The van der Waals surface area contributed by atoms with Crippen molar-refractivity contribution in [1.29, 1.82) is 0 Å². The van der Waals surface area contributed by atoms with Crippen molar-refractivity contribution in [3.8, 4) is 5.75 Å². The Labute approximate surface area is 141 Å². The third-order valence-corrected chi connectivity index (χ3v) is 4.19. The van der Waals surface area contributed by atoms with Gasteiger partial charge in [0.1, 0.15) is 5.75 Å². The van der Waals surface area contributed by atoms with Crippen LogP contribution in [0.4, 0.5) is 13.2 Å². The molecule has 0 saturated heterocycles. The number of phenolic OH excluding ortho intramolecular Hbond substituents is 1. The van der Waals surface area contributed by atoms with Crippen LogP contribution in [0.1, 0.15) is 12.5 Å². The van der Waals surface area contributed by atoms with Gasteiger partial charge in [0.15, 0.2) is 0 Å². The number of rotatable bonds is 5. The standard InChI is InChI=1S/C17H16F3NO2S/c1-11(21-16(23)17(18,19)20)10-12-2-6-14(7-3-12)24-15-8-4-13(22)5-9-15/h2-9,11,22H,10H2,1H3,(H,21,23)/t11-/m0/s1. The number of carbonyl (C=O) groups excluding carboxylic acids is 1. The molecule has 128 valence electrons. The van der Waals surface area contributed by atoms with Crippen LogP contribution in [0.2, 0.25) is 0 Å². The highest BCUT2D eigenvalue weighted by Crippen LogP contribution is 2.29. The van der Waals surface area contributed by atoms with Crippen molar-refractivity contribution in [3.05, 3.63) is 54.1 Å². The van der Waals surface area contributed by atoms with Gasteiger partial charge in [0, 0.05) is 15.8 Å². The van der Waals surface area contributed by atoms with Crippen LogP contribution in [0.25, 0.3) is 0 Å². The molecular weight excluding hydrogens is 339 g/mol. The number of hydrogen-bond donors (Lipinski definition) is 2. The van der Waals surface area contributed by atoms with E-state index in [1.807, 2.05) is 29.6 Å². The van der Waals surface area contributed by atoms with Gasteiger partial charge in [0.05, 0.1) is 0 Å². The number of amides is 1. The average Bonchev–Trinajstić information content (AvgIpc) is 2.50. The molecule has 1 amide bonds. The first-order valence-electron chi connectivity index (χ1n) is 7.17. The van der Waals surface area contributed by atoms with Crippen molar-refractivity contribution in [1.82, 2.24) is 5.32 Å². The number of carbonyl (C=O) groups is 1. The van der Waals surface area contributed by atoms with E-state index < -0.39 is 18.1 Å². The lowest BCUT2D eigenvalue weighted by Gasteiger charge is -2.15. The Morgan fingerprint density at radius 2 is 1.58 bits per heavy atom. The van der Waals surface area contributed by atoms with E-state index in [0.717, 1.165) is 15.4 Å². The van der Waals surface area contributed by atoms with Crippen LogP contribution in [-0.4, -0.2) is 23.2 Å². The smallest absolute Gasteiger partial charge is 0.471 e. The fourth-order valence-corrected chi connectivity index (χ4v) is 2.87. The summed E-state index contributed by atoms with van der Waals surface area (Å²) in [5.41, 5.74) is 0.833. The zero-order valence-corrected chi connectivity index (χ0v) is 13.6. The summed E-state index contributed by atoms with van der Waals surface area (Å²) in [7, 11) is 0. The molecule has 3 nitrogen and oxygen atoms in total. The first-order chi connectivity index (χ1) is 11.2. The van der Waals surface area contributed by atoms with Crippen LogP contribution >= 0.6 is 11.8 Å². The van der Waals surface area contributed by atoms with Crippen LogP contribution in [0.3, 0.4) is 0 Å². The fourth-order valence-electron chi connectivity index (χ4n) is 2.05. The van der Waals surface area contributed by atoms with E-state index in [0.29, 0.717) is 6.42 Å². The molecule has 2 aromatic carbocycles. The van der Waals surface area contributed by atoms with Crippen LogP contribution < -0.4 is 5.32 Å². The topological polar surface area (TPSA) is 49.3 Å². The molecule has 0 unspecified atom stereocenters. The zero-order valence-electron chi connectivity index (χ0n) is 12.8. The predicted molar refractivity (Wildman–Crippen MR) is 86.0 cm³/mol. The Balaban J connectivity index is 1.92. The highest BCUT2D eigenvalue weighted by Gasteiger charge is 2.39. The van der Waals surface area contributed by atoms with E-state index in [-0.39, 0.29) is 5.75 Å². The van der Waals surface area contributed by atoms with Gasteiger partial charge in [-0.25, -0.2) is 0 Å². The molecule has 0 heterocycles. The molecule has 24 heavy (non-hydrogen) atoms. The van der Waals surface area contributed by atoms with Crippen LogP contribution in [0, 0.1) is 0 Å². The molecule has 2 rings (SSSR count). The van der Waals surface area contributed by atoms with E-state index in [9.17, 15) is 23.1 Å². The molecule has 0 radical (unpaired) electrons. The van der Waals surface area contributed by atoms with E-state index in [2.05, 4.69) is 0 Å². The number of nitrogens with one attached hydrogen (secondary N) is 1. The number of hydrogen-bond acceptors (Lipinski definition) is 3. The van der Waals surface area contributed by atoms with Gasteiger partial charge in [0.2, 0.25) is 0 Å². The Morgan fingerprint density at radius 1 is 1.08 bits per heavy atom. The van der Waals surface area contributed by atoms with Crippen LogP contribution in [0.5, 0.6) is 5.75 Å². The lowest BCUT2D eigenvalue weighted by atomic mass is 10.1. The molecule has 1 atom stereocenters. The SMILES string of the molecule is C[C@@H](Cc1ccc(Sc2ccc(O)cc2)cc1)NC(=O)C(F)(F)F. The third kappa shape index (κ3) is 5.49. The van der Waals surface area contributed by atoms with Crippen molar-refractivity contribution in [3.63, 3.8) is 0 Å². The summed E-state index contributed by atoms with van der Waals surface area (Å²) in [4.78, 5) is 12.8. The van der Waals surface area contributed by atoms with Crippen LogP contribution in [-0.2, 0) is 11.2 Å². The molecule has 0 aliphatic carbocycles. The molecule has 0 aliphatic rings. The summed E-state index contributed by atoms with van der Waals surface area (Å²) in [5.74, 6) is -1.72. The average molecular weight is 355 g/mol. The van der Waals surface area contributed by atoms with Gasteiger partial charge in [-0.3, -0.25) is 4.79 Å². The fraction of sp³-hybridized carbons (Fsp3) is 0.235. The summed E-state index contributed by atoms with van der Waals surface area (Å²) in [6.07, 6.45) is -4.55. The number of aromatic hydroxyl groups is 1. The summed E-state index contributed by atoms with van der Waals surface area (Å²) < 4.78 is 36.6. The minimum absolute atomic E-state index is 0.199. The summed E-state index contributed by atoms with van der Waals surface area (Å²) in [6, 6.07) is 13.5. The Morgan fingerprint density at radius 3 is 2.08 bits per heavy atom. The molecule has 2 aromatic rings. The van der Waals surface area contributed by atoms with Gasteiger partial charge in [-0.2, -0.15) is 13.2 Å². The number of benzene rings is 2. The monoisotopic (exact) mass is 355 g/mol. The van der Waals surface area contributed by atoms with Gasteiger partial charge in [0.25, 0.3) is 0 Å². The number of halogens is 3. The maximum absolute atomic E-state index is 12.2. The van der Waals surface area contributed by atoms with E-state index in [1.54, 1.807) is 24.3 Å². The molecule has 0 spiro atoms. The molecule has 0 aromatic heterocycles. The quantitative estimate of drug-likeness (QED) is 0.847. The van der Waals surface area contributed by atoms with Gasteiger partial charge in [-0.1, -0.05) is 23.9 Å². The van der Waals surface area contributed by atoms with Gasteiger partial charge in [-0.15, -0.1) is 0 Å².